The highest BCUT2D eigenvalue weighted by Crippen LogP contribution is 2.49. The maximum atomic E-state index is 11.6. The van der Waals surface area contributed by atoms with Gasteiger partial charge in [-0.05, 0) is 115 Å². The Bertz CT molecular complexity index is 1690. The van der Waals surface area contributed by atoms with E-state index >= 15 is 0 Å². The Morgan fingerprint density at radius 3 is 0.776 bits per heavy atom. The maximum Gasteiger partial charge on any atom is 0.402 e. The average Bonchev–Trinajstić information content (AvgIpc) is 3.14. The van der Waals surface area contributed by atoms with Crippen molar-refractivity contribution in [1.29, 1.82) is 0 Å². The number of ether oxygens (including phenoxy) is 2. The summed E-state index contributed by atoms with van der Waals surface area (Å²) in [5.41, 5.74) is 4.76. The van der Waals surface area contributed by atoms with Crippen LogP contribution in [0.1, 0.15) is 168 Å². The van der Waals surface area contributed by atoms with E-state index < -0.39 is 38.4 Å². The highest BCUT2D eigenvalue weighted by Gasteiger charge is 2.64. The lowest BCUT2D eigenvalue weighted by molar-refractivity contribution is -0.327. The summed E-state index contributed by atoms with van der Waals surface area (Å²) < 4.78 is 108. The summed E-state index contributed by atoms with van der Waals surface area (Å²) in [5, 5.41) is 0. The SMILES string of the molecule is C.C.C.C.C.C.C.C.CC(C)(C(F)(F)F)C(F)(F)F.CC(C)(C)C.CC(C)=O.CCC.COC.CS(C)(=O)=O.CS(C)=O.CSC.Cc1ccc(Cc2ccc(C)cc2)cc1.Cc1ccc(Oc2ccc(C)cc2)cc1. The highest BCUT2D eigenvalue weighted by atomic mass is 32.2. The molecule has 15 heteroatoms. The van der Waals surface area contributed by atoms with Gasteiger partial charge in [-0.25, -0.2) is 8.42 Å². The Morgan fingerprint density at radius 2 is 0.658 bits per heavy atom. The Hall–Kier alpha value is -3.66. The molecular weight excluding hydrogens is 1040 g/mol. The lowest BCUT2D eigenvalue weighted by atomic mass is 9.92. The first kappa shape index (κ1) is 108. The molecule has 4 rings (SSSR count). The van der Waals surface area contributed by atoms with Crippen LogP contribution in [0.15, 0.2) is 97.1 Å². The summed E-state index contributed by atoms with van der Waals surface area (Å²) in [4.78, 5) is 9.44. The van der Waals surface area contributed by atoms with Gasteiger partial charge < -0.3 is 14.3 Å². The fraction of sp³-hybridized carbons (Fsp3) is 0.590. The first-order valence-electron chi connectivity index (χ1n) is 21.4. The average molecular weight is 1160 g/mol. The van der Waals surface area contributed by atoms with Gasteiger partial charge in [-0.2, -0.15) is 38.1 Å². The molecule has 458 valence electrons. The Labute approximate surface area is 475 Å². The molecule has 6 nitrogen and oxygen atoms in total. The zero-order chi connectivity index (χ0) is 55.1. The number of rotatable bonds is 4. The quantitative estimate of drug-likeness (QED) is 0.188. The van der Waals surface area contributed by atoms with Crippen LogP contribution in [0.3, 0.4) is 0 Å². The van der Waals surface area contributed by atoms with Crippen molar-refractivity contribution in [3.05, 3.63) is 130 Å². The van der Waals surface area contributed by atoms with Gasteiger partial charge in [0.15, 0.2) is 5.41 Å². The van der Waals surface area contributed by atoms with Crippen LogP contribution in [0.2, 0.25) is 0 Å². The molecule has 0 aliphatic carbocycles. The van der Waals surface area contributed by atoms with E-state index in [9.17, 15) is 43.8 Å². The molecular formula is C61H118F6O6S3. The number of hydrogen-bond acceptors (Lipinski definition) is 7. The minimum absolute atomic E-state index is 0. The van der Waals surface area contributed by atoms with Gasteiger partial charge in [-0.1, -0.05) is 202 Å². The van der Waals surface area contributed by atoms with E-state index in [0.717, 1.165) is 30.4 Å². The van der Waals surface area contributed by atoms with Crippen molar-refractivity contribution in [3.8, 4) is 11.5 Å². The third-order valence-electron chi connectivity index (χ3n) is 6.34. The van der Waals surface area contributed by atoms with Crippen LogP contribution in [0, 0.1) is 38.5 Å². The molecule has 0 unspecified atom stereocenters. The molecule has 0 aliphatic rings. The zero-order valence-electron chi connectivity index (χ0n) is 45.1. The van der Waals surface area contributed by atoms with E-state index in [4.69, 9.17) is 4.74 Å². The molecule has 0 atom stereocenters. The van der Waals surface area contributed by atoms with Gasteiger partial charge >= 0.3 is 12.4 Å². The van der Waals surface area contributed by atoms with Gasteiger partial charge in [0.1, 0.15) is 27.1 Å². The van der Waals surface area contributed by atoms with E-state index in [0.29, 0.717) is 5.41 Å². The van der Waals surface area contributed by atoms with E-state index in [1.165, 1.54) is 53.6 Å². The molecule has 0 aromatic heterocycles. The summed E-state index contributed by atoms with van der Waals surface area (Å²) >= 11 is 1.75. The monoisotopic (exact) mass is 1160 g/mol. The largest absolute Gasteiger partial charge is 0.457 e. The predicted molar refractivity (Wildman–Crippen MR) is 338 cm³/mol. The standard InChI is InChI=1S/C15H16.C14H14O.C5H6F6.C5H12.C3H6O.C3H8.C2H6O2S.C2H6OS.C2H6O.C2H6S.8CH4/c1-12-3-7-14(8-4-12)11-15-9-5-13(2)6-10-15;1-11-3-7-13(8-4-11)15-14-9-5-12(2)6-10-14;1-3(2,4(6,7)8)5(9,10)11;1-5(2,3)4;1-3(2)4;1-3-2;1-5(2,3)4;1-4(2)3;2*1-3-2;;;;;;;;/h3-10H,11H2,1-2H3;3-10H,1-2H3;1-2H3;1-4H3;1-2H3;3H2,1-2H3;1-2H3;1-2H3;2*1-2H3;8*1H4. The number of methoxy groups -OCH3 is 1. The van der Waals surface area contributed by atoms with Gasteiger partial charge in [0.05, 0.1) is 0 Å². The van der Waals surface area contributed by atoms with Gasteiger partial charge in [0, 0.05) is 50.0 Å². The highest BCUT2D eigenvalue weighted by molar-refractivity contribution is 7.97. The smallest absolute Gasteiger partial charge is 0.402 e. The third-order valence-corrected chi connectivity index (χ3v) is 6.34. The Kier molecular flexibility index (Phi) is 84.0. The number of thioether (sulfide) groups is 1. The molecule has 4 aromatic rings. The van der Waals surface area contributed by atoms with Crippen molar-refractivity contribution in [2.45, 2.75) is 182 Å². The van der Waals surface area contributed by atoms with Crippen molar-refractivity contribution >= 4 is 38.2 Å². The van der Waals surface area contributed by atoms with E-state index in [-0.39, 0.29) is 79.0 Å². The molecule has 0 spiro atoms. The summed E-state index contributed by atoms with van der Waals surface area (Å²) in [5.74, 6) is 1.92. The summed E-state index contributed by atoms with van der Waals surface area (Å²) in [6, 6.07) is 33.6. The van der Waals surface area contributed by atoms with Crippen molar-refractivity contribution < 1.29 is 53.2 Å². The molecule has 0 N–H and O–H groups in total. The number of carbonyl (C=O) groups excluding carboxylic acids is 1. The van der Waals surface area contributed by atoms with Gasteiger partial charge in [-0.3, -0.25) is 4.21 Å². The van der Waals surface area contributed by atoms with Crippen LogP contribution in [0.4, 0.5) is 26.3 Å². The number of halogens is 6. The van der Waals surface area contributed by atoms with Crippen molar-refractivity contribution in [1.82, 2.24) is 0 Å². The number of alkyl halides is 6. The van der Waals surface area contributed by atoms with Gasteiger partial charge in [-0.15, -0.1) is 0 Å². The number of ketones is 1. The maximum absolute atomic E-state index is 11.6. The minimum Gasteiger partial charge on any atom is -0.457 e. The Morgan fingerprint density at radius 1 is 0.526 bits per heavy atom. The second-order valence-corrected chi connectivity index (χ2v) is 22.4. The number of benzene rings is 4. The minimum atomic E-state index is -5.24. The van der Waals surface area contributed by atoms with E-state index in [1.54, 1.807) is 38.5 Å². The van der Waals surface area contributed by atoms with Crippen LogP contribution in [0.5, 0.6) is 11.5 Å². The molecule has 0 heterocycles. The molecule has 0 fully saturated rings. The number of hydrogen-bond donors (Lipinski definition) is 0. The van der Waals surface area contributed by atoms with Crippen LogP contribution in [-0.2, 0) is 36.6 Å². The van der Waals surface area contributed by atoms with Gasteiger partial charge in [0.2, 0.25) is 0 Å². The van der Waals surface area contributed by atoms with E-state index in [1.807, 2.05) is 61.0 Å². The van der Waals surface area contributed by atoms with Crippen molar-refractivity contribution in [3.63, 3.8) is 0 Å². The molecule has 0 saturated heterocycles. The summed E-state index contributed by atoms with van der Waals surface area (Å²) in [7, 11) is -0.0278. The number of carbonyl (C=O) groups is 1. The zero-order valence-corrected chi connectivity index (χ0v) is 47.5. The first-order valence-corrected chi connectivity index (χ1v) is 27.3. The first-order chi connectivity index (χ1) is 30.7. The van der Waals surface area contributed by atoms with E-state index in [2.05, 4.69) is 123 Å². The summed E-state index contributed by atoms with van der Waals surface area (Å²) in [6.07, 6.45) is 1.47. The van der Waals surface area contributed by atoms with Crippen LogP contribution in [0.25, 0.3) is 0 Å². The number of Topliss-reactive ketones (excluding diaryl/α,β-unsaturated/α-hetero) is 1. The number of aryl methyl sites for hydroxylation is 4. The van der Waals surface area contributed by atoms with Crippen molar-refractivity contribution in [2.24, 2.45) is 10.8 Å². The second kappa shape index (κ2) is 59.0. The molecule has 76 heavy (non-hydrogen) atoms. The number of sulfone groups is 1. The fourth-order valence-electron chi connectivity index (χ4n) is 3.16. The van der Waals surface area contributed by atoms with Gasteiger partial charge in [0.25, 0.3) is 0 Å². The second-order valence-electron chi connectivity index (χ2n) is 17.8. The van der Waals surface area contributed by atoms with Crippen molar-refractivity contribution in [2.75, 3.05) is 51.8 Å². The Balaban J connectivity index is -0.0000000494. The molecule has 4 aromatic carbocycles. The normalized spacial score (nSPS) is 9.28. The molecule has 0 radical (unpaired) electrons. The molecule has 0 saturated carbocycles. The molecule has 0 bridgehead atoms. The summed E-state index contributed by atoms with van der Waals surface area (Å²) in [6.45, 7) is 24.6. The molecule has 0 aliphatic heterocycles. The molecule has 0 amide bonds. The topological polar surface area (TPSA) is 86.7 Å². The van der Waals surface area contributed by atoms with Crippen LogP contribution >= 0.6 is 11.8 Å². The lowest BCUT2D eigenvalue weighted by Gasteiger charge is -2.29. The fourth-order valence-corrected chi connectivity index (χ4v) is 3.16. The predicted octanol–water partition coefficient (Wildman–Crippen LogP) is 21.2. The van der Waals surface area contributed by atoms with Crippen LogP contribution < -0.4 is 4.74 Å². The van der Waals surface area contributed by atoms with Crippen LogP contribution in [-0.4, -0.2) is 82.5 Å². The third kappa shape index (κ3) is 87.0. The lowest BCUT2D eigenvalue weighted by Crippen LogP contribution is -2.44.